The number of fused-ring (bicyclic) bond motifs is 1. The van der Waals surface area contributed by atoms with Gasteiger partial charge in [-0.3, -0.25) is 15.5 Å². The number of hydrazine groups is 1. The normalized spacial score (nSPS) is 12.8. The first-order chi connectivity index (χ1) is 10.1. The molecule has 0 saturated heterocycles. The summed E-state index contributed by atoms with van der Waals surface area (Å²) >= 11 is 3.54. The minimum atomic E-state index is -0.168. The Morgan fingerprint density at radius 3 is 2.76 bits per heavy atom. The zero-order valence-electron chi connectivity index (χ0n) is 11.8. The summed E-state index contributed by atoms with van der Waals surface area (Å²) in [5, 5.41) is 5.35. The molecule has 0 aliphatic carbocycles. The van der Waals surface area contributed by atoms with Crippen LogP contribution in [0.25, 0.3) is 10.9 Å². The number of aryl methyl sites for hydroxylation is 2. The number of aromatic nitrogens is 3. The van der Waals surface area contributed by atoms with Gasteiger partial charge in [0, 0.05) is 18.1 Å². The van der Waals surface area contributed by atoms with Crippen molar-refractivity contribution in [3.63, 3.8) is 0 Å². The minimum Gasteiger partial charge on any atom is -0.271 e. The molecule has 3 N–H and O–H groups in total. The predicted molar refractivity (Wildman–Crippen MR) is 86.6 cm³/mol. The van der Waals surface area contributed by atoms with Crippen molar-refractivity contribution < 1.29 is 0 Å². The number of benzene rings is 1. The Morgan fingerprint density at radius 1 is 1.33 bits per heavy atom. The summed E-state index contributed by atoms with van der Waals surface area (Å²) in [5.74, 6) is 5.84. The van der Waals surface area contributed by atoms with Crippen LogP contribution in [-0.2, 0) is 7.05 Å². The van der Waals surface area contributed by atoms with Crippen molar-refractivity contribution in [2.75, 3.05) is 0 Å². The number of halogens is 1. The Hall–Kier alpha value is -1.76. The van der Waals surface area contributed by atoms with Gasteiger partial charge in [0.2, 0.25) is 0 Å². The lowest BCUT2D eigenvalue weighted by atomic mass is 9.99. The average molecular weight is 346 g/mol. The Bertz CT molecular complexity index is 776. The molecular weight excluding hydrogens is 330 g/mol. The molecule has 6 heteroatoms. The molecule has 0 aliphatic rings. The summed E-state index contributed by atoms with van der Waals surface area (Å²) in [7, 11) is 1.90. The lowest BCUT2D eigenvalue weighted by Gasteiger charge is -2.20. The first-order valence-corrected chi connectivity index (χ1v) is 7.41. The maximum Gasteiger partial charge on any atom is 0.0896 e. The second-order valence-electron chi connectivity index (χ2n) is 4.97. The highest BCUT2D eigenvalue weighted by molar-refractivity contribution is 9.10. The Balaban J connectivity index is 2.27. The van der Waals surface area contributed by atoms with Crippen molar-refractivity contribution in [2.24, 2.45) is 12.9 Å². The fraction of sp³-hybridized carbons (Fsp3) is 0.200. The Morgan fingerprint density at radius 2 is 2.10 bits per heavy atom. The van der Waals surface area contributed by atoms with E-state index in [1.54, 1.807) is 6.20 Å². The summed E-state index contributed by atoms with van der Waals surface area (Å²) in [6.07, 6.45) is 1.77. The number of hydrogen-bond donors (Lipinski definition) is 2. The van der Waals surface area contributed by atoms with Crippen LogP contribution in [0.2, 0.25) is 0 Å². The molecule has 0 bridgehead atoms. The second kappa shape index (κ2) is 5.55. The van der Waals surface area contributed by atoms with Crippen LogP contribution in [-0.4, -0.2) is 14.8 Å². The zero-order valence-corrected chi connectivity index (χ0v) is 13.4. The van der Waals surface area contributed by atoms with Crippen LogP contribution < -0.4 is 11.3 Å². The molecule has 0 amide bonds. The molecule has 21 heavy (non-hydrogen) atoms. The van der Waals surface area contributed by atoms with E-state index in [4.69, 9.17) is 5.84 Å². The highest BCUT2D eigenvalue weighted by Crippen LogP contribution is 2.31. The van der Waals surface area contributed by atoms with Gasteiger partial charge in [0.25, 0.3) is 0 Å². The molecule has 0 aliphatic heterocycles. The first kappa shape index (κ1) is 14.2. The molecule has 108 valence electrons. The van der Waals surface area contributed by atoms with Crippen LogP contribution in [0.1, 0.15) is 23.0 Å². The van der Waals surface area contributed by atoms with Crippen molar-refractivity contribution in [3.05, 3.63) is 58.0 Å². The van der Waals surface area contributed by atoms with Crippen molar-refractivity contribution >= 4 is 26.8 Å². The minimum absolute atomic E-state index is 0.168. The van der Waals surface area contributed by atoms with Crippen molar-refractivity contribution in [2.45, 2.75) is 13.0 Å². The summed E-state index contributed by atoms with van der Waals surface area (Å²) in [5.41, 5.74) is 6.90. The van der Waals surface area contributed by atoms with Gasteiger partial charge < -0.3 is 0 Å². The lowest BCUT2D eigenvalue weighted by Crippen LogP contribution is -2.31. The van der Waals surface area contributed by atoms with Crippen molar-refractivity contribution in [1.29, 1.82) is 0 Å². The van der Waals surface area contributed by atoms with E-state index in [0.717, 1.165) is 32.3 Å². The van der Waals surface area contributed by atoms with Gasteiger partial charge in [0.15, 0.2) is 0 Å². The standard InChI is InChI=1S/C15H16BrN5/c1-9-7-11(10-5-3-4-6-13(10)19-9)14(20-17)15-12(16)8-18-21(15)2/h3-8,14,20H,17H2,1-2H3. The molecule has 3 rings (SSSR count). The average Bonchev–Trinajstić information content (AvgIpc) is 2.80. The number of rotatable bonds is 3. The quantitative estimate of drug-likeness (QED) is 0.565. The van der Waals surface area contributed by atoms with E-state index in [-0.39, 0.29) is 6.04 Å². The third kappa shape index (κ3) is 2.46. The maximum atomic E-state index is 5.84. The number of nitrogens with two attached hydrogens (primary N) is 1. The van der Waals surface area contributed by atoms with Gasteiger partial charge in [-0.05, 0) is 40.5 Å². The van der Waals surface area contributed by atoms with Gasteiger partial charge >= 0.3 is 0 Å². The van der Waals surface area contributed by atoms with E-state index in [1.165, 1.54) is 0 Å². The summed E-state index contributed by atoms with van der Waals surface area (Å²) in [6, 6.07) is 9.96. The van der Waals surface area contributed by atoms with E-state index in [2.05, 4.69) is 43.6 Å². The highest BCUT2D eigenvalue weighted by atomic mass is 79.9. The molecule has 2 heterocycles. The summed E-state index contributed by atoms with van der Waals surface area (Å²) in [6.45, 7) is 1.99. The number of nitrogens with zero attached hydrogens (tertiary/aromatic N) is 3. The largest absolute Gasteiger partial charge is 0.271 e. The van der Waals surface area contributed by atoms with Gasteiger partial charge in [-0.15, -0.1) is 0 Å². The van der Waals surface area contributed by atoms with E-state index >= 15 is 0 Å². The SMILES string of the molecule is Cc1cc(C(NN)c2c(Br)cnn2C)c2ccccc2n1. The molecule has 1 aromatic carbocycles. The van der Waals surface area contributed by atoms with Crippen LogP contribution in [0.3, 0.4) is 0 Å². The van der Waals surface area contributed by atoms with Crippen molar-refractivity contribution in [3.8, 4) is 0 Å². The number of para-hydroxylation sites is 1. The topological polar surface area (TPSA) is 68.8 Å². The highest BCUT2D eigenvalue weighted by Gasteiger charge is 2.22. The van der Waals surface area contributed by atoms with E-state index in [9.17, 15) is 0 Å². The van der Waals surface area contributed by atoms with Crippen molar-refractivity contribution in [1.82, 2.24) is 20.2 Å². The number of nitrogens with one attached hydrogen (secondary N) is 1. The Labute approximate surface area is 131 Å². The van der Waals surface area contributed by atoms with Gasteiger partial charge in [-0.2, -0.15) is 5.10 Å². The van der Waals surface area contributed by atoms with Gasteiger partial charge in [0.05, 0.1) is 27.9 Å². The summed E-state index contributed by atoms with van der Waals surface area (Å²) < 4.78 is 2.74. The molecule has 3 aromatic rings. The molecule has 0 spiro atoms. The smallest absolute Gasteiger partial charge is 0.0896 e. The number of pyridine rings is 1. The van der Waals surface area contributed by atoms with E-state index in [1.807, 2.05) is 36.9 Å². The van der Waals surface area contributed by atoms with Crippen LogP contribution in [0.4, 0.5) is 0 Å². The van der Waals surface area contributed by atoms with Crippen LogP contribution in [0.15, 0.2) is 41.0 Å². The van der Waals surface area contributed by atoms with Crippen LogP contribution >= 0.6 is 15.9 Å². The molecule has 0 fully saturated rings. The van der Waals surface area contributed by atoms with Gasteiger partial charge in [-0.25, -0.2) is 5.43 Å². The first-order valence-electron chi connectivity index (χ1n) is 6.61. The number of hydrogen-bond acceptors (Lipinski definition) is 4. The molecule has 5 nitrogen and oxygen atoms in total. The fourth-order valence-electron chi connectivity index (χ4n) is 2.64. The van der Waals surface area contributed by atoms with Crippen LogP contribution in [0, 0.1) is 6.92 Å². The molecular formula is C15H16BrN5. The van der Waals surface area contributed by atoms with E-state index in [0.29, 0.717) is 0 Å². The molecule has 2 aromatic heterocycles. The fourth-order valence-corrected chi connectivity index (χ4v) is 3.22. The van der Waals surface area contributed by atoms with Gasteiger partial charge in [0.1, 0.15) is 0 Å². The maximum absolute atomic E-state index is 5.84. The molecule has 0 saturated carbocycles. The molecule has 1 atom stereocenters. The zero-order chi connectivity index (χ0) is 15.0. The Kier molecular flexibility index (Phi) is 3.75. The molecule has 1 unspecified atom stereocenters. The summed E-state index contributed by atoms with van der Waals surface area (Å²) in [4.78, 5) is 4.58. The second-order valence-corrected chi connectivity index (χ2v) is 5.83. The van der Waals surface area contributed by atoms with Crippen LogP contribution in [0.5, 0.6) is 0 Å². The third-order valence-corrected chi connectivity index (χ3v) is 4.18. The monoisotopic (exact) mass is 345 g/mol. The predicted octanol–water partition coefficient (Wildman–Crippen LogP) is 2.59. The van der Waals surface area contributed by atoms with E-state index < -0.39 is 0 Å². The third-order valence-electron chi connectivity index (χ3n) is 3.56. The molecule has 0 radical (unpaired) electrons. The lowest BCUT2D eigenvalue weighted by molar-refractivity contribution is 0.575. The van der Waals surface area contributed by atoms with Gasteiger partial charge in [-0.1, -0.05) is 18.2 Å².